The molecule has 0 aliphatic rings. The van der Waals surface area contributed by atoms with Gasteiger partial charge in [-0.25, -0.2) is 13.8 Å². The van der Waals surface area contributed by atoms with Crippen LogP contribution in [0.3, 0.4) is 0 Å². The van der Waals surface area contributed by atoms with Crippen molar-refractivity contribution in [1.29, 1.82) is 0 Å². The third kappa shape index (κ3) is 2.25. The number of benzene rings is 1. The van der Waals surface area contributed by atoms with Crippen molar-refractivity contribution in [3.63, 3.8) is 0 Å². The van der Waals surface area contributed by atoms with Gasteiger partial charge in [-0.15, -0.1) is 0 Å². The zero-order valence-electron chi connectivity index (χ0n) is 8.15. The molecule has 2 rings (SSSR count). The minimum atomic E-state index is -0.459. The van der Waals surface area contributed by atoms with E-state index in [0.717, 1.165) is 12.3 Å². The van der Waals surface area contributed by atoms with Gasteiger partial charge in [0.15, 0.2) is 5.75 Å². The van der Waals surface area contributed by atoms with Crippen LogP contribution in [0, 0.1) is 11.6 Å². The minimum absolute atomic E-state index is 0.158. The average molecular weight is 222 g/mol. The lowest BCUT2D eigenvalue weighted by molar-refractivity contribution is 0.460. The second-order valence-corrected chi connectivity index (χ2v) is 3.10. The number of hydrogen-bond donors (Lipinski definition) is 1. The van der Waals surface area contributed by atoms with Crippen molar-refractivity contribution in [2.75, 3.05) is 5.73 Å². The van der Waals surface area contributed by atoms with Crippen LogP contribution in [0.2, 0.25) is 0 Å². The van der Waals surface area contributed by atoms with Crippen LogP contribution in [0.1, 0.15) is 0 Å². The number of hydrogen-bond acceptors (Lipinski definition) is 3. The summed E-state index contributed by atoms with van der Waals surface area (Å²) in [7, 11) is 0. The molecule has 2 aromatic rings. The molecule has 1 heterocycles. The van der Waals surface area contributed by atoms with Crippen molar-refractivity contribution in [1.82, 2.24) is 4.98 Å². The van der Waals surface area contributed by atoms with Crippen LogP contribution in [-0.2, 0) is 0 Å². The van der Waals surface area contributed by atoms with Gasteiger partial charge < -0.3 is 10.5 Å². The van der Waals surface area contributed by atoms with Crippen molar-refractivity contribution in [3.8, 4) is 11.6 Å². The van der Waals surface area contributed by atoms with Crippen LogP contribution in [0.4, 0.5) is 14.5 Å². The fraction of sp³-hybridized carbons (Fsp3) is 0. The first-order valence-electron chi connectivity index (χ1n) is 4.49. The SMILES string of the molecule is Nc1cc(F)ccc1Oc1ccc(F)cn1. The Hall–Kier alpha value is -2.17. The van der Waals surface area contributed by atoms with E-state index in [2.05, 4.69) is 4.98 Å². The molecule has 0 amide bonds. The van der Waals surface area contributed by atoms with Crippen molar-refractivity contribution in [3.05, 3.63) is 48.2 Å². The van der Waals surface area contributed by atoms with E-state index in [4.69, 9.17) is 10.5 Å². The molecule has 16 heavy (non-hydrogen) atoms. The summed E-state index contributed by atoms with van der Waals surface area (Å²) in [6, 6.07) is 6.31. The fourth-order valence-corrected chi connectivity index (χ4v) is 1.15. The Balaban J connectivity index is 2.23. The zero-order chi connectivity index (χ0) is 11.5. The highest BCUT2D eigenvalue weighted by Gasteiger charge is 2.04. The Morgan fingerprint density at radius 1 is 1.06 bits per heavy atom. The standard InChI is InChI=1S/C11H8F2N2O/c12-7-1-3-10(9(14)5-7)16-11-4-2-8(13)6-15-11/h1-6H,14H2. The van der Waals surface area contributed by atoms with Crippen LogP contribution in [-0.4, -0.2) is 4.98 Å². The number of pyridine rings is 1. The highest BCUT2D eigenvalue weighted by atomic mass is 19.1. The van der Waals surface area contributed by atoms with Gasteiger partial charge in [-0.2, -0.15) is 0 Å². The summed E-state index contributed by atoms with van der Waals surface area (Å²) >= 11 is 0. The quantitative estimate of drug-likeness (QED) is 0.795. The molecule has 0 atom stereocenters. The third-order valence-electron chi connectivity index (χ3n) is 1.89. The minimum Gasteiger partial charge on any atom is -0.437 e. The lowest BCUT2D eigenvalue weighted by Crippen LogP contribution is -1.94. The predicted molar refractivity (Wildman–Crippen MR) is 55.1 cm³/mol. The van der Waals surface area contributed by atoms with Crippen LogP contribution in [0.5, 0.6) is 11.6 Å². The molecule has 0 aliphatic heterocycles. The molecule has 0 bridgehead atoms. The molecule has 82 valence electrons. The topological polar surface area (TPSA) is 48.1 Å². The Labute approximate surface area is 90.5 Å². The molecule has 1 aromatic heterocycles. The zero-order valence-corrected chi connectivity index (χ0v) is 8.15. The molecule has 0 unspecified atom stereocenters. The van der Waals surface area contributed by atoms with E-state index >= 15 is 0 Å². The van der Waals surface area contributed by atoms with E-state index in [1.165, 1.54) is 24.3 Å². The van der Waals surface area contributed by atoms with Crippen LogP contribution in [0.25, 0.3) is 0 Å². The summed E-state index contributed by atoms with van der Waals surface area (Å²) in [6.07, 6.45) is 1.02. The van der Waals surface area contributed by atoms with Crippen molar-refractivity contribution in [2.24, 2.45) is 0 Å². The largest absolute Gasteiger partial charge is 0.437 e. The second kappa shape index (κ2) is 4.14. The number of halogens is 2. The number of aromatic nitrogens is 1. The summed E-state index contributed by atoms with van der Waals surface area (Å²) in [6.45, 7) is 0. The van der Waals surface area contributed by atoms with Gasteiger partial charge in [0.25, 0.3) is 0 Å². The first kappa shape index (κ1) is 10.4. The number of nitrogen functional groups attached to an aromatic ring is 1. The molecule has 2 N–H and O–H groups in total. The Morgan fingerprint density at radius 3 is 2.44 bits per heavy atom. The lowest BCUT2D eigenvalue weighted by atomic mass is 10.3. The predicted octanol–water partition coefficient (Wildman–Crippen LogP) is 2.73. The van der Waals surface area contributed by atoms with Gasteiger partial charge in [0, 0.05) is 12.1 Å². The number of nitrogens with two attached hydrogens (primary N) is 1. The van der Waals surface area contributed by atoms with Gasteiger partial charge in [-0.05, 0) is 18.2 Å². The normalized spacial score (nSPS) is 10.1. The van der Waals surface area contributed by atoms with Gasteiger partial charge in [-0.1, -0.05) is 0 Å². The maximum atomic E-state index is 12.7. The van der Waals surface area contributed by atoms with Gasteiger partial charge in [0.1, 0.15) is 11.6 Å². The van der Waals surface area contributed by atoms with E-state index < -0.39 is 11.6 Å². The van der Waals surface area contributed by atoms with Crippen LogP contribution < -0.4 is 10.5 Å². The molecule has 3 nitrogen and oxygen atoms in total. The fourth-order valence-electron chi connectivity index (χ4n) is 1.15. The maximum absolute atomic E-state index is 12.7. The van der Waals surface area contributed by atoms with Crippen LogP contribution in [0.15, 0.2) is 36.5 Å². The van der Waals surface area contributed by atoms with Crippen LogP contribution >= 0.6 is 0 Å². The number of anilines is 1. The van der Waals surface area contributed by atoms with Crippen molar-refractivity contribution in [2.45, 2.75) is 0 Å². The molecular formula is C11H8F2N2O. The number of rotatable bonds is 2. The Bertz CT molecular complexity index is 500. The summed E-state index contributed by atoms with van der Waals surface area (Å²) in [4.78, 5) is 3.69. The smallest absolute Gasteiger partial charge is 0.219 e. The first-order chi connectivity index (χ1) is 7.65. The highest BCUT2D eigenvalue weighted by molar-refractivity contribution is 5.53. The molecule has 1 aromatic carbocycles. The summed E-state index contributed by atoms with van der Waals surface area (Å²) in [5.74, 6) is -0.434. The van der Waals surface area contributed by atoms with Gasteiger partial charge in [0.2, 0.25) is 5.88 Å². The highest BCUT2D eigenvalue weighted by Crippen LogP contribution is 2.26. The Kier molecular flexibility index (Phi) is 2.68. The van der Waals surface area contributed by atoms with Crippen molar-refractivity contribution < 1.29 is 13.5 Å². The molecule has 5 heteroatoms. The molecule has 0 fully saturated rings. The van der Waals surface area contributed by atoms with E-state index in [0.29, 0.717) is 0 Å². The summed E-state index contributed by atoms with van der Waals surface area (Å²) in [5, 5.41) is 0. The van der Waals surface area contributed by atoms with Gasteiger partial charge in [0.05, 0.1) is 11.9 Å². The molecule has 0 radical (unpaired) electrons. The van der Waals surface area contributed by atoms with E-state index in [9.17, 15) is 8.78 Å². The number of nitrogens with zero attached hydrogens (tertiary/aromatic N) is 1. The molecule has 0 saturated heterocycles. The van der Waals surface area contributed by atoms with Gasteiger partial charge in [-0.3, -0.25) is 0 Å². The number of ether oxygens (including phenoxy) is 1. The molecular weight excluding hydrogens is 214 g/mol. The third-order valence-corrected chi connectivity index (χ3v) is 1.89. The van der Waals surface area contributed by atoms with E-state index in [1.807, 2.05) is 0 Å². The monoisotopic (exact) mass is 222 g/mol. The molecule has 0 saturated carbocycles. The van der Waals surface area contributed by atoms with E-state index in [-0.39, 0.29) is 17.3 Å². The van der Waals surface area contributed by atoms with Crippen molar-refractivity contribution >= 4 is 5.69 Å². The summed E-state index contributed by atoms with van der Waals surface area (Å²) in [5.41, 5.74) is 5.69. The molecule has 0 spiro atoms. The first-order valence-corrected chi connectivity index (χ1v) is 4.49. The van der Waals surface area contributed by atoms with E-state index in [1.54, 1.807) is 0 Å². The molecule has 0 aliphatic carbocycles. The van der Waals surface area contributed by atoms with Gasteiger partial charge >= 0.3 is 0 Å². The second-order valence-electron chi connectivity index (χ2n) is 3.10. The maximum Gasteiger partial charge on any atom is 0.219 e. The Morgan fingerprint density at radius 2 is 1.81 bits per heavy atom. The summed E-state index contributed by atoms with van der Waals surface area (Å²) < 4.78 is 30.6. The lowest BCUT2D eigenvalue weighted by Gasteiger charge is -2.06. The average Bonchev–Trinajstić information content (AvgIpc) is 2.25.